The molecule has 21 heavy (non-hydrogen) atoms. The second-order valence-electron chi connectivity index (χ2n) is 5.72. The van der Waals surface area contributed by atoms with E-state index < -0.39 is 5.97 Å². The molecule has 0 bridgehead atoms. The highest BCUT2D eigenvalue weighted by Gasteiger charge is 2.20. The van der Waals surface area contributed by atoms with Gasteiger partial charge in [-0.25, -0.2) is 0 Å². The van der Waals surface area contributed by atoms with Gasteiger partial charge in [-0.2, -0.15) is 0 Å². The van der Waals surface area contributed by atoms with Gasteiger partial charge >= 0.3 is 5.97 Å². The van der Waals surface area contributed by atoms with Gasteiger partial charge in [-0.05, 0) is 42.7 Å². The van der Waals surface area contributed by atoms with Crippen molar-refractivity contribution in [3.8, 4) is 0 Å². The molecule has 4 heteroatoms. The van der Waals surface area contributed by atoms with E-state index in [9.17, 15) is 4.79 Å². The number of thioether (sulfide) groups is 1. The van der Waals surface area contributed by atoms with Crippen molar-refractivity contribution in [1.82, 2.24) is 0 Å². The SMILES string of the molecule is CSc1c(CC(=O)O)oc2ccc(C3CCCCC3)cc12. The zero-order valence-corrected chi connectivity index (χ0v) is 13.0. The standard InChI is InChI=1S/C17H20O3S/c1-21-17-13-9-12(11-5-3-2-4-6-11)7-8-14(13)20-15(17)10-16(18)19/h7-9,11H,2-6,10H2,1H3,(H,18,19). The van der Waals surface area contributed by atoms with Crippen molar-refractivity contribution < 1.29 is 14.3 Å². The van der Waals surface area contributed by atoms with Gasteiger partial charge in [0.05, 0.1) is 4.90 Å². The Hall–Kier alpha value is -1.42. The third-order valence-electron chi connectivity index (χ3n) is 4.33. The molecule has 2 aromatic rings. The molecular formula is C17H20O3S. The molecule has 3 rings (SSSR count). The maximum atomic E-state index is 11.0. The van der Waals surface area contributed by atoms with Gasteiger partial charge in [0.25, 0.3) is 0 Å². The molecule has 0 spiro atoms. The fraction of sp³-hybridized carbons (Fsp3) is 0.471. The molecule has 1 saturated carbocycles. The number of hydrogen-bond acceptors (Lipinski definition) is 3. The van der Waals surface area contributed by atoms with Crippen LogP contribution in [0.2, 0.25) is 0 Å². The summed E-state index contributed by atoms with van der Waals surface area (Å²) in [7, 11) is 0. The normalized spacial score (nSPS) is 16.4. The highest BCUT2D eigenvalue weighted by molar-refractivity contribution is 7.98. The van der Waals surface area contributed by atoms with E-state index in [-0.39, 0.29) is 6.42 Å². The third-order valence-corrected chi connectivity index (χ3v) is 5.18. The molecule has 3 nitrogen and oxygen atoms in total. The number of furan rings is 1. The summed E-state index contributed by atoms with van der Waals surface area (Å²) < 4.78 is 5.74. The van der Waals surface area contributed by atoms with Crippen molar-refractivity contribution in [2.75, 3.05) is 6.26 Å². The Morgan fingerprint density at radius 2 is 2.10 bits per heavy atom. The third kappa shape index (κ3) is 2.95. The van der Waals surface area contributed by atoms with Crippen molar-refractivity contribution in [3.63, 3.8) is 0 Å². The maximum absolute atomic E-state index is 11.0. The summed E-state index contributed by atoms with van der Waals surface area (Å²) in [5.41, 5.74) is 2.18. The van der Waals surface area contributed by atoms with Crippen LogP contribution in [0.1, 0.15) is 49.3 Å². The summed E-state index contributed by atoms with van der Waals surface area (Å²) >= 11 is 1.57. The highest BCUT2D eigenvalue weighted by Crippen LogP contribution is 2.38. The van der Waals surface area contributed by atoms with E-state index in [0.29, 0.717) is 11.7 Å². The fourth-order valence-corrected chi connectivity index (χ4v) is 4.03. The second kappa shape index (κ2) is 6.14. The van der Waals surface area contributed by atoms with Gasteiger partial charge in [0.15, 0.2) is 0 Å². The molecule has 1 N–H and O–H groups in total. The Bertz CT molecular complexity index is 653. The van der Waals surface area contributed by atoms with Gasteiger partial charge in [0.1, 0.15) is 17.8 Å². The van der Waals surface area contributed by atoms with Crippen LogP contribution < -0.4 is 0 Å². The summed E-state index contributed by atoms with van der Waals surface area (Å²) in [6, 6.07) is 6.37. The summed E-state index contributed by atoms with van der Waals surface area (Å²) in [5, 5.41) is 10.1. The zero-order chi connectivity index (χ0) is 14.8. The summed E-state index contributed by atoms with van der Waals surface area (Å²) in [6.07, 6.45) is 8.43. The van der Waals surface area contributed by atoms with E-state index in [4.69, 9.17) is 9.52 Å². The minimum absolute atomic E-state index is 0.0520. The predicted octanol–water partition coefficient (Wildman–Crippen LogP) is 4.83. The van der Waals surface area contributed by atoms with Crippen LogP contribution in [0.15, 0.2) is 27.5 Å². The van der Waals surface area contributed by atoms with Crippen molar-refractivity contribution in [2.24, 2.45) is 0 Å². The predicted molar refractivity (Wildman–Crippen MR) is 85.2 cm³/mol. The minimum atomic E-state index is -0.850. The van der Waals surface area contributed by atoms with Gasteiger partial charge in [0, 0.05) is 5.39 Å². The molecule has 112 valence electrons. The van der Waals surface area contributed by atoms with Crippen molar-refractivity contribution in [3.05, 3.63) is 29.5 Å². The molecule has 1 heterocycles. The number of fused-ring (bicyclic) bond motifs is 1. The van der Waals surface area contributed by atoms with Crippen molar-refractivity contribution >= 4 is 28.7 Å². The average molecular weight is 304 g/mol. The molecule has 1 aliphatic carbocycles. The average Bonchev–Trinajstić information content (AvgIpc) is 2.83. The maximum Gasteiger partial charge on any atom is 0.311 e. The number of rotatable bonds is 4. The van der Waals surface area contributed by atoms with Crippen LogP contribution in [0.5, 0.6) is 0 Å². The molecule has 0 saturated heterocycles. The molecule has 1 aromatic carbocycles. The Labute approximate surface area is 128 Å². The van der Waals surface area contributed by atoms with E-state index in [0.717, 1.165) is 15.9 Å². The Kier molecular flexibility index (Phi) is 4.24. The summed E-state index contributed by atoms with van der Waals surface area (Å²) in [5.74, 6) is 0.373. The lowest BCUT2D eigenvalue weighted by Crippen LogP contribution is -2.04. The van der Waals surface area contributed by atoms with E-state index >= 15 is 0 Å². The lowest BCUT2D eigenvalue weighted by atomic mass is 9.84. The number of carboxylic acids is 1. The lowest BCUT2D eigenvalue weighted by molar-refractivity contribution is -0.136. The first-order valence-electron chi connectivity index (χ1n) is 7.50. The minimum Gasteiger partial charge on any atom is -0.481 e. The molecule has 1 fully saturated rings. The van der Waals surface area contributed by atoms with E-state index in [1.54, 1.807) is 11.8 Å². The van der Waals surface area contributed by atoms with Crippen LogP contribution in [0, 0.1) is 0 Å². The summed E-state index contributed by atoms with van der Waals surface area (Å²) in [4.78, 5) is 11.9. The monoisotopic (exact) mass is 304 g/mol. The Morgan fingerprint density at radius 1 is 1.33 bits per heavy atom. The van der Waals surface area contributed by atoms with Crippen LogP contribution in [0.25, 0.3) is 11.0 Å². The first-order valence-corrected chi connectivity index (χ1v) is 8.72. The zero-order valence-electron chi connectivity index (χ0n) is 12.2. The molecular weight excluding hydrogens is 284 g/mol. The highest BCUT2D eigenvalue weighted by atomic mass is 32.2. The van der Waals surface area contributed by atoms with Crippen LogP contribution in [-0.2, 0) is 11.2 Å². The topological polar surface area (TPSA) is 50.4 Å². The fourth-order valence-electron chi connectivity index (χ4n) is 3.31. The van der Waals surface area contributed by atoms with Crippen LogP contribution >= 0.6 is 11.8 Å². The van der Waals surface area contributed by atoms with Gasteiger partial charge in [0.2, 0.25) is 0 Å². The molecule has 0 radical (unpaired) electrons. The number of carboxylic acid groups (broad SMARTS) is 1. The molecule has 0 aliphatic heterocycles. The van der Waals surface area contributed by atoms with E-state index in [2.05, 4.69) is 12.1 Å². The molecule has 1 aliphatic rings. The number of aliphatic carboxylic acids is 1. The Balaban J connectivity index is 2.01. The summed E-state index contributed by atoms with van der Waals surface area (Å²) in [6.45, 7) is 0. The molecule has 1 aromatic heterocycles. The molecule has 0 atom stereocenters. The molecule has 0 unspecified atom stereocenters. The van der Waals surface area contributed by atoms with Gasteiger partial charge in [-0.15, -0.1) is 11.8 Å². The van der Waals surface area contributed by atoms with Gasteiger partial charge in [-0.1, -0.05) is 25.3 Å². The second-order valence-corrected chi connectivity index (χ2v) is 6.54. The van der Waals surface area contributed by atoms with E-state index in [1.807, 2.05) is 12.3 Å². The smallest absolute Gasteiger partial charge is 0.311 e. The molecule has 0 amide bonds. The first kappa shape index (κ1) is 14.5. The van der Waals surface area contributed by atoms with Gasteiger partial charge < -0.3 is 9.52 Å². The van der Waals surface area contributed by atoms with Crippen LogP contribution in [0.3, 0.4) is 0 Å². The van der Waals surface area contributed by atoms with Gasteiger partial charge in [-0.3, -0.25) is 4.79 Å². The largest absolute Gasteiger partial charge is 0.481 e. The number of hydrogen-bond donors (Lipinski definition) is 1. The van der Waals surface area contributed by atoms with Crippen LogP contribution in [-0.4, -0.2) is 17.3 Å². The quantitative estimate of drug-likeness (QED) is 0.822. The van der Waals surface area contributed by atoms with Crippen LogP contribution in [0.4, 0.5) is 0 Å². The first-order chi connectivity index (χ1) is 10.2. The Morgan fingerprint density at radius 3 is 2.76 bits per heavy atom. The van der Waals surface area contributed by atoms with E-state index in [1.165, 1.54) is 37.7 Å². The number of carbonyl (C=O) groups is 1. The van der Waals surface area contributed by atoms with Crippen molar-refractivity contribution in [1.29, 1.82) is 0 Å². The lowest BCUT2D eigenvalue weighted by Gasteiger charge is -2.21. The number of benzene rings is 1. The van der Waals surface area contributed by atoms with Crippen molar-refractivity contribution in [2.45, 2.75) is 49.3 Å².